The summed E-state index contributed by atoms with van der Waals surface area (Å²) in [6, 6.07) is 2.50. The molecule has 5 heteroatoms. The van der Waals surface area contributed by atoms with Crippen molar-refractivity contribution >= 4 is 11.9 Å². The normalized spacial score (nSPS) is 12.9. The van der Waals surface area contributed by atoms with Gasteiger partial charge in [-0.25, -0.2) is 0 Å². The molecule has 98 valence electrons. The largest absolute Gasteiger partial charge is 0.480 e. The Morgan fingerprint density at radius 1 is 1.33 bits per heavy atom. The number of nitrogens with one attached hydrogen (secondary N) is 1. The first-order valence-corrected chi connectivity index (χ1v) is 5.72. The zero-order chi connectivity index (χ0) is 13.9. The maximum atomic E-state index is 11.7. The lowest BCUT2D eigenvalue weighted by Crippen LogP contribution is -2.38. The van der Waals surface area contributed by atoms with Crippen molar-refractivity contribution in [1.82, 2.24) is 10.3 Å². The van der Waals surface area contributed by atoms with E-state index in [0.717, 1.165) is 5.56 Å². The molecule has 0 aliphatic carbocycles. The first-order valence-electron chi connectivity index (χ1n) is 5.72. The Balaban J connectivity index is 2.80. The van der Waals surface area contributed by atoms with Gasteiger partial charge in [0.2, 0.25) is 0 Å². The molecule has 1 atom stereocenters. The van der Waals surface area contributed by atoms with Crippen molar-refractivity contribution in [3.05, 3.63) is 29.6 Å². The van der Waals surface area contributed by atoms with E-state index in [2.05, 4.69) is 31.1 Å². The highest BCUT2D eigenvalue weighted by Gasteiger charge is 2.18. The number of carboxylic acids is 1. The summed E-state index contributed by atoms with van der Waals surface area (Å²) in [7, 11) is 0. The quantitative estimate of drug-likeness (QED) is 0.853. The second-order valence-corrected chi connectivity index (χ2v) is 5.22. The maximum absolute atomic E-state index is 11.7. The van der Waals surface area contributed by atoms with Crippen LogP contribution in [0.15, 0.2) is 18.3 Å². The summed E-state index contributed by atoms with van der Waals surface area (Å²) in [5.41, 5.74) is 1.21. The minimum atomic E-state index is -1.07. The third kappa shape index (κ3) is 3.55. The average Bonchev–Trinajstić information content (AvgIpc) is 2.27. The predicted octanol–water partition coefficient (Wildman–Crippen LogP) is 1.58. The molecule has 0 spiro atoms. The molecular weight excluding hydrogens is 232 g/mol. The number of hydrogen-bond acceptors (Lipinski definition) is 3. The maximum Gasteiger partial charge on any atom is 0.325 e. The number of rotatable bonds is 3. The van der Waals surface area contributed by atoms with Gasteiger partial charge in [0.05, 0.1) is 0 Å². The molecule has 1 amide bonds. The van der Waals surface area contributed by atoms with Gasteiger partial charge < -0.3 is 10.4 Å². The molecule has 1 aromatic rings. The number of pyridine rings is 1. The SMILES string of the molecule is C[C@@H](NC(=O)c1ccc(C(C)(C)C)cn1)C(=O)O. The lowest BCUT2D eigenvalue weighted by atomic mass is 9.88. The fraction of sp³-hybridized carbons (Fsp3) is 0.462. The monoisotopic (exact) mass is 250 g/mol. The van der Waals surface area contributed by atoms with Gasteiger partial charge in [0.15, 0.2) is 0 Å². The summed E-state index contributed by atoms with van der Waals surface area (Å²) < 4.78 is 0. The number of aliphatic carboxylic acids is 1. The van der Waals surface area contributed by atoms with Crippen LogP contribution in [0, 0.1) is 0 Å². The van der Waals surface area contributed by atoms with E-state index in [1.807, 2.05) is 6.07 Å². The van der Waals surface area contributed by atoms with Gasteiger partial charge in [-0.05, 0) is 24.0 Å². The van der Waals surface area contributed by atoms with Crippen LogP contribution in [0.5, 0.6) is 0 Å². The molecule has 1 aromatic heterocycles. The Hall–Kier alpha value is -1.91. The Morgan fingerprint density at radius 3 is 2.33 bits per heavy atom. The molecule has 0 aromatic carbocycles. The fourth-order valence-corrected chi connectivity index (χ4v) is 1.30. The van der Waals surface area contributed by atoms with E-state index in [1.165, 1.54) is 6.92 Å². The molecule has 0 radical (unpaired) electrons. The first-order chi connectivity index (χ1) is 8.21. The van der Waals surface area contributed by atoms with Gasteiger partial charge in [0, 0.05) is 6.20 Å². The van der Waals surface area contributed by atoms with Crippen molar-refractivity contribution in [3.63, 3.8) is 0 Å². The predicted molar refractivity (Wildman–Crippen MR) is 67.5 cm³/mol. The number of carbonyl (C=O) groups excluding carboxylic acids is 1. The molecule has 0 unspecified atom stereocenters. The average molecular weight is 250 g/mol. The lowest BCUT2D eigenvalue weighted by Gasteiger charge is -2.18. The molecule has 0 saturated carbocycles. The van der Waals surface area contributed by atoms with Crippen LogP contribution in [0.3, 0.4) is 0 Å². The summed E-state index contributed by atoms with van der Waals surface area (Å²) in [5, 5.41) is 11.0. The van der Waals surface area contributed by atoms with E-state index in [0.29, 0.717) is 0 Å². The molecule has 1 rings (SSSR count). The lowest BCUT2D eigenvalue weighted by molar-refractivity contribution is -0.138. The first kappa shape index (κ1) is 14.2. The van der Waals surface area contributed by atoms with Crippen molar-refractivity contribution in [2.45, 2.75) is 39.2 Å². The van der Waals surface area contributed by atoms with E-state index in [9.17, 15) is 9.59 Å². The number of hydrogen-bond donors (Lipinski definition) is 2. The van der Waals surface area contributed by atoms with E-state index in [4.69, 9.17) is 5.11 Å². The third-order valence-electron chi connectivity index (χ3n) is 2.58. The van der Waals surface area contributed by atoms with E-state index in [-0.39, 0.29) is 11.1 Å². The minimum absolute atomic E-state index is 0.0314. The second kappa shape index (κ2) is 5.16. The Kier molecular flexibility index (Phi) is 4.06. The van der Waals surface area contributed by atoms with Crippen LogP contribution >= 0.6 is 0 Å². The number of amides is 1. The van der Waals surface area contributed by atoms with Crippen LogP contribution in [0.1, 0.15) is 43.7 Å². The van der Waals surface area contributed by atoms with Crippen molar-refractivity contribution < 1.29 is 14.7 Å². The highest BCUT2D eigenvalue weighted by atomic mass is 16.4. The van der Waals surface area contributed by atoms with Gasteiger partial charge in [0.25, 0.3) is 5.91 Å². The molecule has 0 fully saturated rings. The van der Waals surface area contributed by atoms with E-state index in [1.54, 1.807) is 12.3 Å². The molecule has 0 saturated heterocycles. The fourth-order valence-electron chi connectivity index (χ4n) is 1.30. The number of carbonyl (C=O) groups is 2. The molecular formula is C13H18N2O3. The van der Waals surface area contributed by atoms with Crippen molar-refractivity contribution in [1.29, 1.82) is 0 Å². The van der Waals surface area contributed by atoms with Crippen LogP contribution in [0.25, 0.3) is 0 Å². The van der Waals surface area contributed by atoms with Gasteiger partial charge >= 0.3 is 5.97 Å². The van der Waals surface area contributed by atoms with Gasteiger partial charge in [-0.2, -0.15) is 0 Å². The Labute approximate surface area is 106 Å². The number of aromatic nitrogens is 1. The zero-order valence-corrected chi connectivity index (χ0v) is 11.0. The Bertz CT molecular complexity index is 446. The second-order valence-electron chi connectivity index (χ2n) is 5.22. The van der Waals surface area contributed by atoms with Crippen LogP contribution < -0.4 is 5.32 Å². The molecule has 18 heavy (non-hydrogen) atoms. The summed E-state index contributed by atoms with van der Waals surface area (Å²) in [5.74, 6) is -1.56. The van der Waals surface area contributed by atoms with Crippen LogP contribution in [-0.4, -0.2) is 28.0 Å². The smallest absolute Gasteiger partial charge is 0.325 e. The van der Waals surface area contributed by atoms with Gasteiger partial charge in [-0.3, -0.25) is 14.6 Å². The topological polar surface area (TPSA) is 79.3 Å². The summed E-state index contributed by atoms with van der Waals surface area (Å²) in [6.07, 6.45) is 1.64. The van der Waals surface area contributed by atoms with Gasteiger partial charge in [-0.1, -0.05) is 26.8 Å². The molecule has 0 aliphatic rings. The van der Waals surface area contributed by atoms with Gasteiger partial charge in [-0.15, -0.1) is 0 Å². The highest BCUT2D eigenvalue weighted by molar-refractivity contribution is 5.94. The van der Waals surface area contributed by atoms with Crippen molar-refractivity contribution in [3.8, 4) is 0 Å². The van der Waals surface area contributed by atoms with Crippen LogP contribution in [0.2, 0.25) is 0 Å². The molecule has 1 heterocycles. The van der Waals surface area contributed by atoms with Crippen LogP contribution in [0.4, 0.5) is 0 Å². The third-order valence-corrected chi connectivity index (χ3v) is 2.58. The highest BCUT2D eigenvalue weighted by Crippen LogP contribution is 2.20. The van der Waals surface area contributed by atoms with E-state index >= 15 is 0 Å². The van der Waals surface area contributed by atoms with Crippen molar-refractivity contribution in [2.24, 2.45) is 0 Å². The molecule has 5 nitrogen and oxygen atoms in total. The van der Waals surface area contributed by atoms with Crippen molar-refractivity contribution in [2.75, 3.05) is 0 Å². The molecule has 0 bridgehead atoms. The summed E-state index contributed by atoms with van der Waals surface area (Å²) >= 11 is 0. The molecule has 0 aliphatic heterocycles. The number of nitrogens with zero attached hydrogens (tertiary/aromatic N) is 1. The molecule has 2 N–H and O–H groups in total. The zero-order valence-electron chi connectivity index (χ0n) is 11.0. The standard InChI is InChI=1S/C13H18N2O3/c1-8(12(17)18)15-11(16)10-6-5-9(7-14-10)13(2,3)4/h5-8H,1-4H3,(H,15,16)(H,17,18)/t8-/m1/s1. The van der Waals surface area contributed by atoms with Crippen LogP contribution in [-0.2, 0) is 10.2 Å². The Morgan fingerprint density at radius 2 is 1.94 bits per heavy atom. The van der Waals surface area contributed by atoms with Gasteiger partial charge in [0.1, 0.15) is 11.7 Å². The summed E-state index contributed by atoms with van der Waals surface area (Å²) in [4.78, 5) is 26.4. The summed E-state index contributed by atoms with van der Waals surface area (Å²) in [6.45, 7) is 7.56. The van der Waals surface area contributed by atoms with E-state index < -0.39 is 17.9 Å². The minimum Gasteiger partial charge on any atom is -0.480 e. The number of carboxylic acid groups (broad SMARTS) is 1.